The van der Waals surface area contributed by atoms with Gasteiger partial charge in [-0.1, -0.05) is 0 Å². The van der Waals surface area contributed by atoms with Crippen LogP contribution in [0.3, 0.4) is 0 Å². The molecule has 29 heavy (non-hydrogen) atoms. The molecule has 0 radical (unpaired) electrons. The van der Waals surface area contributed by atoms with Crippen molar-refractivity contribution in [2.24, 2.45) is 0 Å². The third kappa shape index (κ3) is 4.26. The van der Waals surface area contributed by atoms with Crippen LogP contribution in [0.5, 0.6) is 0 Å². The lowest BCUT2D eigenvalue weighted by molar-refractivity contribution is -0.137. The fraction of sp³-hybridized carbons (Fsp3) is 0.238. The fourth-order valence-electron chi connectivity index (χ4n) is 3.39. The maximum Gasteiger partial charge on any atom is 0.417 e. The first-order valence-corrected chi connectivity index (χ1v) is 9.22. The minimum absolute atomic E-state index is 0.0873. The van der Waals surface area contributed by atoms with E-state index in [4.69, 9.17) is 0 Å². The molecule has 0 saturated carbocycles. The quantitative estimate of drug-likeness (QED) is 0.723. The number of hydrogen-bond donors (Lipinski definition) is 1. The van der Waals surface area contributed by atoms with E-state index in [0.29, 0.717) is 30.9 Å². The molecule has 5 nitrogen and oxygen atoms in total. The van der Waals surface area contributed by atoms with Crippen LogP contribution in [0.2, 0.25) is 0 Å². The van der Waals surface area contributed by atoms with E-state index < -0.39 is 11.7 Å². The number of carbonyl (C=O) groups is 1. The Bertz CT molecular complexity index is 967. The second kappa shape index (κ2) is 7.62. The van der Waals surface area contributed by atoms with Gasteiger partial charge in [-0.05, 0) is 55.0 Å². The number of anilines is 1. The van der Waals surface area contributed by atoms with Gasteiger partial charge in [-0.15, -0.1) is 0 Å². The molecule has 0 spiro atoms. The minimum atomic E-state index is -4.40. The van der Waals surface area contributed by atoms with Crippen LogP contribution in [0.25, 0.3) is 5.69 Å². The molecule has 1 saturated heterocycles. The first kappa shape index (κ1) is 19.0. The zero-order chi connectivity index (χ0) is 20.4. The van der Waals surface area contributed by atoms with Crippen molar-refractivity contribution < 1.29 is 18.0 Å². The molecule has 3 heterocycles. The Labute approximate surface area is 165 Å². The molecule has 0 bridgehead atoms. The Morgan fingerprint density at radius 3 is 2.41 bits per heavy atom. The van der Waals surface area contributed by atoms with Crippen LogP contribution in [-0.4, -0.2) is 34.6 Å². The zero-order valence-corrected chi connectivity index (χ0v) is 15.4. The Hall–Kier alpha value is -3.29. The number of hydrogen-bond acceptors (Lipinski definition) is 3. The van der Waals surface area contributed by atoms with Crippen molar-refractivity contribution in [3.8, 4) is 5.69 Å². The molecular weight excluding hydrogens is 381 g/mol. The molecule has 2 aromatic heterocycles. The summed E-state index contributed by atoms with van der Waals surface area (Å²) < 4.78 is 39.9. The van der Waals surface area contributed by atoms with Gasteiger partial charge >= 0.3 is 6.18 Å². The molecule has 1 fully saturated rings. The first-order valence-electron chi connectivity index (χ1n) is 9.22. The molecule has 3 aromatic rings. The molecule has 4 rings (SSSR count). The SMILES string of the molecule is O=C(NC1CCN(c2ccc(C(F)(F)F)cn2)C1)c1ccc(-n2cccc2)cc1. The number of benzene rings is 1. The lowest BCUT2D eigenvalue weighted by atomic mass is 10.1. The van der Waals surface area contributed by atoms with E-state index in [9.17, 15) is 18.0 Å². The van der Waals surface area contributed by atoms with Gasteiger partial charge in [0, 0.05) is 49.0 Å². The highest BCUT2D eigenvalue weighted by atomic mass is 19.4. The van der Waals surface area contributed by atoms with Gasteiger partial charge in [0.05, 0.1) is 5.56 Å². The average Bonchev–Trinajstić information content (AvgIpc) is 3.40. The van der Waals surface area contributed by atoms with Gasteiger partial charge in [0.25, 0.3) is 5.91 Å². The average molecular weight is 400 g/mol. The summed E-state index contributed by atoms with van der Waals surface area (Å²) in [6, 6.07) is 13.5. The van der Waals surface area contributed by atoms with Gasteiger partial charge in [-0.2, -0.15) is 13.2 Å². The molecular formula is C21H19F3N4O. The van der Waals surface area contributed by atoms with E-state index >= 15 is 0 Å². The van der Waals surface area contributed by atoms with Gasteiger partial charge in [0.1, 0.15) is 5.82 Å². The third-order valence-electron chi connectivity index (χ3n) is 4.95. The largest absolute Gasteiger partial charge is 0.417 e. The van der Waals surface area contributed by atoms with Crippen LogP contribution in [0.1, 0.15) is 22.3 Å². The highest BCUT2D eigenvalue weighted by molar-refractivity contribution is 5.94. The molecule has 0 aliphatic carbocycles. The number of pyridine rings is 1. The van der Waals surface area contributed by atoms with Crippen LogP contribution in [-0.2, 0) is 6.18 Å². The number of halogens is 3. The zero-order valence-electron chi connectivity index (χ0n) is 15.4. The number of carbonyl (C=O) groups excluding carboxylic acids is 1. The Balaban J connectivity index is 1.35. The Kier molecular flexibility index (Phi) is 5.00. The number of rotatable bonds is 4. The number of alkyl halides is 3. The summed E-state index contributed by atoms with van der Waals surface area (Å²) in [6.45, 7) is 1.13. The number of aromatic nitrogens is 2. The number of nitrogens with one attached hydrogen (secondary N) is 1. The van der Waals surface area contributed by atoms with E-state index in [-0.39, 0.29) is 11.9 Å². The van der Waals surface area contributed by atoms with Crippen LogP contribution < -0.4 is 10.2 Å². The van der Waals surface area contributed by atoms with E-state index in [1.54, 1.807) is 12.1 Å². The number of amides is 1. The van der Waals surface area contributed by atoms with Crippen LogP contribution >= 0.6 is 0 Å². The minimum Gasteiger partial charge on any atom is -0.354 e. The second-order valence-electron chi connectivity index (χ2n) is 6.95. The molecule has 1 aliphatic rings. The van der Waals surface area contributed by atoms with E-state index in [1.165, 1.54) is 6.07 Å². The summed E-state index contributed by atoms with van der Waals surface area (Å²) >= 11 is 0. The number of nitrogens with zero attached hydrogens (tertiary/aromatic N) is 3. The van der Waals surface area contributed by atoms with E-state index in [0.717, 1.165) is 18.0 Å². The van der Waals surface area contributed by atoms with Crippen molar-refractivity contribution in [3.05, 3.63) is 78.2 Å². The summed E-state index contributed by atoms with van der Waals surface area (Å²) in [7, 11) is 0. The predicted octanol–water partition coefficient (Wildman–Crippen LogP) is 3.90. The highest BCUT2D eigenvalue weighted by Gasteiger charge is 2.31. The van der Waals surface area contributed by atoms with Gasteiger partial charge in [-0.3, -0.25) is 4.79 Å². The fourth-order valence-corrected chi connectivity index (χ4v) is 3.39. The summed E-state index contributed by atoms with van der Waals surface area (Å²) in [5.74, 6) is 0.308. The maximum absolute atomic E-state index is 12.7. The van der Waals surface area contributed by atoms with Crippen molar-refractivity contribution in [2.45, 2.75) is 18.6 Å². The summed E-state index contributed by atoms with van der Waals surface area (Å²) in [6.07, 6.45) is 1.00. The smallest absolute Gasteiger partial charge is 0.354 e. The van der Waals surface area contributed by atoms with Crippen LogP contribution in [0.15, 0.2) is 67.1 Å². The van der Waals surface area contributed by atoms with Crippen LogP contribution in [0, 0.1) is 0 Å². The maximum atomic E-state index is 12.7. The van der Waals surface area contributed by atoms with Gasteiger partial charge in [0.2, 0.25) is 0 Å². The molecule has 1 amide bonds. The first-order chi connectivity index (χ1) is 13.9. The monoisotopic (exact) mass is 400 g/mol. The topological polar surface area (TPSA) is 50.2 Å². The third-order valence-corrected chi connectivity index (χ3v) is 4.95. The molecule has 150 valence electrons. The molecule has 1 aromatic carbocycles. The van der Waals surface area contributed by atoms with E-state index in [2.05, 4.69) is 10.3 Å². The lowest BCUT2D eigenvalue weighted by Crippen LogP contribution is -2.37. The molecule has 1 unspecified atom stereocenters. The predicted molar refractivity (Wildman–Crippen MR) is 103 cm³/mol. The Morgan fingerprint density at radius 2 is 1.79 bits per heavy atom. The van der Waals surface area contributed by atoms with Gasteiger partial charge in [0.15, 0.2) is 0 Å². The lowest BCUT2D eigenvalue weighted by Gasteiger charge is -2.18. The van der Waals surface area contributed by atoms with Crippen molar-refractivity contribution in [3.63, 3.8) is 0 Å². The van der Waals surface area contributed by atoms with Crippen molar-refractivity contribution in [1.82, 2.24) is 14.9 Å². The summed E-state index contributed by atoms with van der Waals surface area (Å²) in [4.78, 5) is 18.3. The molecule has 1 atom stereocenters. The standard InChI is InChI=1S/C21H19F3N4O/c22-21(23,24)16-5-8-19(25-13-16)28-12-9-17(14-28)26-20(29)15-3-6-18(7-4-15)27-10-1-2-11-27/h1-8,10-11,13,17H,9,12,14H2,(H,26,29). The van der Waals surface area contributed by atoms with Crippen molar-refractivity contribution in [2.75, 3.05) is 18.0 Å². The van der Waals surface area contributed by atoms with Gasteiger partial charge in [-0.25, -0.2) is 4.98 Å². The van der Waals surface area contributed by atoms with E-state index in [1.807, 2.05) is 46.1 Å². The van der Waals surface area contributed by atoms with Crippen LogP contribution in [0.4, 0.5) is 19.0 Å². The molecule has 1 aliphatic heterocycles. The molecule has 8 heteroatoms. The van der Waals surface area contributed by atoms with Crippen molar-refractivity contribution >= 4 is 11.7 Å². The van der Waals surface area contributed by atoms with Gasteiger partial charge < -0.3 is 14.8 Å². The second-order valence-corrected chi connectivity index (χ2v) is 6.95. The summed E-state index contributed by atoms with van der Waals surface area (Å²) in [5.41, 5.74) is 0.757. The molecule has 1 N–H and O–H groups in total. The Morgan fingerprint density at radius 1 is 1.07 bits per heavy atom. The summed E-state index contributed by atoms with van der Waals surface area (Å²) in [5, 5.41) is 2.99. The highest BCUT2D eigenvalue weighted by Crippen LogP contribution is 2.30. The normalized spacial score (nSPS) is 16.8. The van der Waals surface area contributed by atoms with Crippen molar-refractivity contribution in [1.29, 1.82) is 0 Å².